The van der Waals surface area contributed by atoms with E-state index in [1.807, 2.05) is 0 Å². The van der Waals surface area contributed by atoms with Crippen LogP contribution in [0.25, 0.3) is 11.3 Å². The van der Waals surface area contributed by atoms with Gasteiger partial charge in [-0.25, -0.2) is 4.39 Å². The fraction of sp³-hybridized carbons (Fsp3) is 0.294. The van der Waals surface area contributed by atoms with Crippen LogP contribution in [0.5, 0.6) is 0 Å². The normalized spacial score (nSPS) is 15.0. The van der Waals surface area contributed by atoms with E-state index in [4.69, 9.17) is 11.6 Å². The molecule has 1 aromatic carbocycles. The average molecular weight is 319 g/mol. The first kappa shape index (κ1) is 15.0. The summed E-state index contributed by atoms with van der Waals surface area (Å²) in [6.45, 7) is 0. The van der Waals surface area contributed by atoms with Crippen molar-refractivity contribution in [1.29, 1.82) is 0 Å². The average Bonchev–Trinajstić information content (AvgIpc) is 3.00. The molecule has 1 aliphatic rings. The molecule has 0 aliphatic heterocycles. The predicted molar refractivity (Wildman–Crippen MR) is 84.4 cm³/mol. The highest BCUT2D eigenvalue weighted by Gasteiger charge is 2.20. The van der Waals surface area contributed by atoms with Crippen molar-refractivity contribution in [3.05, 3.63) is 52.9 Å². The molecule has 0 atom stereocenters. The van der Waals surface area contributed by atoms with Gasteiger partial charge in [0.1, 0.15) is 5.82 Å². The molecule has 1 heterocycles. The first-order valence-corrected chi connectivity index (χ1v) is 7.74. The molecular formula is C17H16ClFN2O. The Bertz CT molecular complexity index is 699. The van der Waals surface area contributed by atoms with Gasteiger partial charge in [0.2, 0.25) is 0 Å². The maximum Gasteiger partial charge on any atom is 0.254 e. The van der Waals surface area contributed by atoms with E-state index in [0.717, 1.165) is 25.7 Å². The standard InChI is InChI=1S/C17H16ClFN2O/c18-14-6-3-9-20-16(14)11-7-8-13(15(19)10-11)17(22)21-12-4-1-2-5-12/h3,6-10,12H,1-2,4-5H2,(H,21,22). The van der Waals surface area contributed by atoms with Crippen LogP contribution in [0.3, 0.4) is 0 Å². The second-order valence-electron chi connectivity index (χ2n) is 5.48. The van der Waals surface area contributed by atoms with Gasteiger partial charge >= 0.3 is 0 Å². The second kappa shape index (κ2) is 6.44. The number of carbonyl (C=O) groups is 1. The fourth-order valence-electron chi connectivity index (χ4n) is 2.78. The molecule has 1 aromatic heterocycles. The number of aromatic nitrogens is 1. The van der Waals surface area contributed by atoms with Crippen LogP contribution in [0, 0.1) is 5.82 Å². The zero-order valence-corrected chi connectivity index (χ0v) is 12.7. The summed E-state index contributed by atoms with van der Waals surface area (Å²) in [5, 5.41) is 3.34. The lowest BCUT2D eigenvalue weighted by molar-refractivity contribution is 0.0934. The summed E-state index contributed by atoms with van der Waals surface area (Å²) in [5.41, 5.74) is 1.12. The fourth-order valence-corrected chi connectivity index (χ4v) is 3.01. The third-order valence-corrected chi connectivity index (χ3v) is 4.24. The summed E-state index contributed by atoms with van der Waals surface area (Å²) in [6.07, 6.45) is 5.76. The van der Waals surface area contributed by atoms with Crippen LogP contribution in [0.2, 0.25) is 5.02 Å². The molecule has 114 valence electrons. The monoisotopic (exact) mass is 318 g/mol. The lowest BCUT2D eigenvalue weighted by Crippen LogP contribution is -2.33. The molecule has 22 heavy (non-hydrogen) atoms. The van der Waals surface area contributed by atoms with Crippen LogP contribution in [0.1, 0.15) is 36.0 Å². The Labute approximate surface area is 133 Å². The number of hydrogen-bond donors (Lipinski definition) is 1. The smallest absolute Gasteiger partial charge is 0.254 e. The minimum absolute atomic E-state index is 0.0581. The van der Waals surface area contributed by atoms with Crippen LogP contribution in [0.15, 0.2) is 36.5 Å². The predicted octanol–water partition coefficient (Wildman–Crippen LogP) is 4.21. The number of pyridine rings is 1. The number of amides is 1. The number of hydrogen-bond acceptors (Lipinski definition) is 2. The van der Waals surface area contributed by atoms with Crippen molar-refractivity contribution in [3.63, 3.8) is 0 Å². The quantitative estimate of drug-likeness (QED) is 0.921. The maximum atomic E-state index is 14.3. The molecule has 0 spiro atoms. The van der Waals surface area contributed by atoms with Gasteiger partial charge in [-0.2, -0.15) is 0 Å². The second-order valence-corrected chi connectivity index (χ2v) is 5.89. The van der Waals surface area contributed by atoms with Crippen molar-refractivity contribution in [2.24, 2.45) is 0 Å². The third kappa shape index (κ3) is 3.12. The molecule has 5 heteroatoms. The van der Waals surface area contributed by atoms with E-state index in [-0.39, 0.29) is 17.5 Å². The van der Waals surface area contributed by atoms with Gasteiger partial charge in [-0.15, -0.1) is 0 Å². The molecule has 0 bridgehead atoms. The number of halogens is 2. The first-order valence-electron chi connectivity index (χ1n) is 7.36. The molecule has 2 aromatic rings. The Morgan fingerprint density at radius 3 is 2.73 bits per heavy atom. The summed E-state index contributed by atoms with van der Waals surface area (Å²) in [4.78, 5) is 16.3. The summed E-state index contributed by atoms with van der Waals surface area (Å²) in [7, 11) is 0. The van der Waals surface area contributed by atoms with Gasteiger partial charge in [0.15, 0.2) is 0 Å². The molecule has 0 unspecified atom stereocenters. The van der Waals surface area contributed by atoms with E-state index >= 15 is 0 Å². The van der Waals surface area contributed by atoms with Gasteiger partial charge in [0.05, 0.1) is 16.3 Å². The van der Waals surface area contributed by atoms with Crippen molar-refractivity contribution in [3.8, 4) is 11.3 Å². The highest BCUT2D eigenvalue weighted by atomic mass is 35.5. The third-order valence-electron chi connectivity index (χ3n) is 3.94. The molecule has 3 rings (SSSR count). The van der Waals surface area contributed by atoms with Gasteiger partial charge in [0.25, 0.3) is 5.91 Å². The summed E-state index contributed by atoms with van der Waals surface area (Å²) >= 11 is 6.06. The van der Waals surface area contributed by atoms with E-state index in [0.29, 0.717) is 16.3 Å². The highest BCUT2D eigenvalue weighted by Crippen LogP contribution is 2.27. The Morgan fingerprint density at radius 2 is 2.05 bits per heavy atom. The van der Waals surface area contributed by atoms with Crippen LogP contribution < -0.4 is 5.32 Å². The van der Waals surface area contributed by atoms with Crippen molar-refractivity contribution in [2.75, 3.05) is 0 Å². The lowest BCUT2D eigenvalue weighted by atomic mass is 10.1. The van der Waals surface area contributed by atoms with Crippen LogP contribution in [-0.2, 0) is 0 Å². The van der Waals surface area contributed by atoms with Crippen molar-refractivity contribution >= 4 is 17.5 Å². The minimum atomic E-state index is -0.560. The van der Waals surface area contributed by atoms with Crippen LogP contribution in [0.4, 0.5) is 4.39 Å². The van der Waals surface area contributed by atoms with Gasteiger partial charge in [0, 0.05) is 17.8 Å². The number of nitrogens with zero attached hydrogens (tertiary/aromatic N) is 1. The lowest BCUT2D eigenvalue weighted by Gasteiger charge is -2.13. The molecule has 3 nitrogen and oxygen atoms in total. The molecule has 1 N–H and O–H groups in total. The van der Waals surface area contributed by atoms with E-state index in [1.165, 1.54) is 12.1 Å². The zero-order chi connectivity index (χ0) is 15.5. The SMILES string of the molecule is O=C(NC1CCCC1)c1ccc(-c2ncccc2Cl)cc1F. The van der Waals surface area contributed by atoms with Crippen LogP contribution in [-0.4, -0.2) is 16.9 Å². The Hall–Kier alpha value is -1.94. The van der Waals surface area contributed by atoms with Gasteiger partial charge in [-0.1, -0.05) is 30.5 Å². The molecular weight excluding hydrogens is 303 g/mol. The Balaban J connectivity index is 1.83. The van der Waals surface area contributed by atoms with Gasteiger partial charge in [-0.3, -0.25) is 9.78 Å². The van der Waals surface area contributed by atoms with E-state index in [9.17, 15) is 9.18 Å². The number of rotatable bonds is 3. The van der Waals surface area contributed by atoms with E-state index < -0.39 is 5.82 Å². The largest absolute Gasteiger partial charge is 0.349 e. The Kier molecular flexibility index (Phi) is 4.39. The molecule has 0 radical (unpaired) electrons. The number of nitrogens with one attached hydrogen (secondary N) is 1. The van der Waals surface area contributed by atoms with Crippen molar-refractivity contribution < 1.29 is 9.18 Å². The number of benzene rings is 1. The maximum absolute atomic E-state index is 14.3. The molecule has 0 saturated heterocycles. The summed E-state index contributed by atoms with van der Waals surface area (Å²) in [6, 6.07) is 8.03. The Morgan fingerprint density at radius 1 is 1.27 bits per heavy atom. The molecule has 1 fully saturated rings. The first-order chi connectivity index (χ1) is 10.6. The zero-order valence-electron chi connectivity index (χ0n) is 12.0. The van der Waals surface area contributed by atoms with Crippen LogP contribution >= 0.6 is 11.6 Å². The molecule has 1 aliphatic carbocycles. The van der Waals surface area contributed by atoms with E-state index in [1.54, 1.807) is 24.4 Å². The minimum Gasteiger partial charge on any atom is -0.349 e. The summed E-state index contributed by atoms with van der Waals surface area (Å²) in [5.74, 6) is -0.919. The van der Waals surface area contributed by atoms with Crippen molar-refractivity contribution in [1.82, 2.24) is 10.3 Å². The molecule has 1 saturated carbocycles. The highest BCUT2D eigenvalue weighted by molar-refractivity contribution is 6.33. The number of carbonyl (C=O) groups excluding carboxylic acids is 1. The summed E-state index contributed by atoms with van der Waals surface area (Å²) < 4.78 is 14.3. The topological polar surface area (TPSA) is 42.0 Å². The van der Waals surface area contributed by atoms with Crippen molar-refractivity contribution in [2.45, 2.75) is 31.7 Å². The van der Waals surface area contributed by atoms with Gasteiger partial charge in [-0.05, 0) is 37.1 Å². The van der Waals surface area contributed by atoms with Gasteiger partial charge < -0.3 is 5.32 Å². The molecule has 1 amide bonds. The van der Waals surface area contributed by atoms with E-state index in [2.05, 4.69) is 10.3 Å².